The second-order valence-electron chi connectivity index (χ2n) is 4.82. The lowest BCUT2D eigenvalue weighted by Crippen LogP contribution is -2.37. The average molecular weight is 349 g/mol. The van der Waals surface area contributed by atoms with Crippen molar-refractivity contribution in [3.05, 3.63) is 30.7 Å². The Morgan fingerprint density at radius 3 is 2.88 bits per heavy atom. The number of furan rings is 1. The number of allylic oxidation sites excluding steroid dienone is 1. The summed E-state index contributed by atoms with van der Waals surface area (Å²) in [7, 11) is 1.45. The molecule has 0 aliphatic heterocycles. The van der Waals surface area contributed by atoms with Crippen LogP contribution in [0.3, 0.4) is 0 Å². The Kier molecular flexibility index (Phi) is 6.19. The third kappa shape index (κ3) is 4.25. The summed E-state index contributed by atoms with van der Waals surface area (Å²) in [6.45, 7) is 6.16. The standard InChI is InChI=1S/C15H19N5O3S/c1-4-7-20-13(11-5-8-23-10(11)2)18-19-15(20)24-9-6-12(21)17-14(22)16-3/h4-5,8H,1,6-7,9H2,2-3H3,(H2,16,17,21,22). The number of hydrogen-bond donors (Lipinski definition) is 2. The van der Waals surface area contributed by atoms with Crippen molar-refractivity contribution in [2.75, 3.05) is 12.8 Å². The van der Waals surface area contributed by atoms with Crippen LogP contribution in [0.25, 0.3) is 11.4 Å². The lowest BCUT2D eigenvalue weighted by atomic mass is 10.2. The maximum absolute atomic E-state index is 11.6. The maximum Gasteiger partial charge on any atom is 0.321 e. The molecule has 2 aromatic heterocycles. The maximum atomic E-state index is 11.6. The number of carbonyl (C=O) groups is 2. The van der Waals surface area contributed by atoms with Gasteiger partial charge in [0.05, 0.1) is 11.8 Å². The molecule has 2 N–H and O–H groups in total. The van der Waals surface area contributed by atoms with Gasteiger partial charge in [-0.1, -0.05) is 17.8 Å². The number of imide groups is 1. The van der Waals surface area contributed by atoms with E-state index in [1.165, 1.54) is 18.8 Å². The highest BCUT2D eigenvalue weighted by Gasteiger charge is 2.17. The first-order valence-electron chi connectivity index (χ1n) is 7.29. The molecule has 0 aliphatic rings. The summed E-state index contributed by atoms with van der Waals surface area (Å²) in [5, 5.41) is 13.6. The highest BCUT2D eigenvalue weighted by Crippen LogP contribution is 2.27. The van der Waals surface area contributed by atoms with Gasteiger partial charge in [-0.25, -0.2) is 4.79 Å². The quantitative estimate of drug-likeness (QED) is 0.585. The molecule has 0 aromatic carbocycles. The fourth-order valence-electron chi connectivity index (χ4n) is 1.99. The number of amides is 3. The second-order valence-corrected chi connectivity index (χ2v) is 5.88. The number of thioether (sulfide) groups is 1. The van der Waals surface area contributed by atoms with E-state index >= 15 is 0 Å². The first kappa shape index (κ1) is 17.8. The van der Waals surface area contributed by atoms with Gasteiger partial charge in [0.15, 0.2) is 11.0 Å². The lowest BCUT2D eigenvalue weighted by molar-refractivity contribution is -0.119. The van der Waals surface area contributed by atoms with E-state index in [0.717, 1.165) is 11.3 Å². The Morgan fingerprint density at radius 2 is 2.25 bits per heavy atom. The Balaban J connectivity index is 2.04. The lowest BCUT2D eigenvalue weighted by Gasteiger charge is -2.07. The monoisotopic (exact) mass is 349 g/mol. The van der Waals surface area contributed by atoms with Gasteiger partial charge in [-0.15, -0.1) is 16.8 Å². The van der Waals surface area contributed by atoms with Gasteiger partial charge in [0, 0.05) is 25.8 Å². The summed E-state index contributed by atoms with van der Waals surface area (Å²) in [5.74, 6) is 1.58. The smallest absolute Gasteiger partial charge is 0.321 e. The number of nitrogens with zero attached hydrogens (tertiary/aromatic N) is 3. The summed E-state index contributed by atoms with van der Waals surface area (Å²) >= 11 is 1.39. The van der Waals surface area contributed by atoms with Crippen LogP contribution in [-0.2, 0) is 11.3 Å². The van der Waals surface area contributed by atoms with Crippen LogP contribution in [0.15, 0.2) is 34.6 Å². The first-order chi connectivity index (χ1) is 11.6. The highest BCUT2D eigenvalue weighted by atomic mass is 32.2. The van der Waals surface area contributed by atoms with E-state index in [-0.39, 0.29) is 12.3 Å². The topological polar surface area (TPSA) is 102 Å². The Hall–Kier alpha value is -2.55. The van der Waals surface area contributed by atoms with E-state index < -0.39 is 6.03 Å². The van der Waals surface area contributed by atoms with Gasteiger partial charge < -0.3 is 9.73 Å². The molecule has 9 heteroatoms. The molecule has 0 bridgehead atoms. The molecule has 0 fully saturated rings. The molecule has 2 rings (SSSR count). The highest BCUT2D eigenvalue weighted by molar-refractivity contribution is 7.99. The molecule has 8 nitrogen and oxygen atoms in total. The van der Waals surface area contributed by atoms with Crippen LogP contribution in [0.2, 0.25) is 0 Å². The number of aromatic nitrogens is 3. The van der Waals surface area contributed by atoms with E-state index in [0.29, 0.717) is 23.3 Å². The normalized spacial score (nSPS) is 10.4. The summed E-state index contributed by atoms with van der Waals surface area (Å²) in [6.07, 6.45) is 3.55. The molecule has 128 valence electrons. The Bertz CT molecular complexity index is 737. The molecule has 2 heterocycles. The van der Waals surface area contributed by atoms with Gasteiger partial charge in [0.1, 0.15) is 5.76 Å². The van der Waals surface area contributed by atoms with Crippen molar-refractivity contribution in [1.29, 1.82) is 0 Å². The molecule has 3 amide bonds. The van der Waals surface area contributed by atoms with E-state index in [2.05, 4.69) is 27.4 Å². The van der Waals surface area contributed by atoms with Crippen LogP contribution >= 0.6 is 11.8 Å². The number of aryl methyl sites for hydroxylation is 1. The predicted molar refractivity (Wildman–Crippen MR) is 90.6 cm³/mol. The van der Waals surface area contributed by atoms with Crippen LogP contribution in [0.4, 0.5) is 4.79 Å². The van der Waals surface area contributed by atoms with E-state index in [1.807, 2.05) is 17.6 Å². The molecule has 0 saturated carbocycles. The van der Waals surface area contributed by atoms with Crippen molar-refractivity contribution in [3.63, 3.8) is 0 Å². The Morgan fingerprint density at radius 1 is 1.46 bits per heavy atom. The third-order valence-electron chi connectivity index (χ3n) is 3.17. The summed E-state index contributed by atoms with van der Waals surface area (Å²) in [6, 6.07) is 1.32. The van der Waals surface area contributed by atoms with Crippen LogP contribution in [0, 0.1) is 6.92 Å². The van der Waals surface area contributed by atoms with Crippen molar-refractivity contribution in [2.45, 2.75) is 25.0 Å². The van der Waals surface area contributed by atoms with Crippen LogP contribution < -0.4 is 10.6 Å². The van der Waals surface area contributed by atoms with E-state index in [4.69, 9.17) is 4.42 Å². The summed E-state index contributed by atoms with van der Waals surface area (Å²) in [4.78, 5) is 22.7. The predicted octanol–water partition coefficient (Wildman–Crippen LogP) is 1.97. The second kappa shape index (κ2) is 8.34. The van der Waals surface area contributed by atoms with Crippen LogP contribution in [-0.4, -0.2) is 39.5 Å². The van der Waals surface area contributed by atoms with Crippen molar-refractivity contribution in [1.82, 2.24) is 25.4 Å². The zero-order chi connectivity index (χ0) is 17.5. The van der Waals surface area contributed by atoms with Crippen LogP contribution in [0.1, 0.15) is 12.2 Å². The molecule has 0 unspecified atom stereocenters. The van der Waals surface area contributed by atoms with Crippen LogP contribution in [0.5, 0.6) is 0 Å². The number of rotatable bonds is 7. The molecule has 0 radical (unpaired) electrons. The molecule has 0 spiro atoms. The molecule has 2 aromatic rings. The molecule has 0 saturated heterocycles. The summed E-state index contributed by atoms with van der Waals surface area (Å²) < 4.78 is 7.23. The van der Waals surface area contributed by atoms with Gasteiger partial charge in [-0.3, -0.25) is 14.7 Å². The minimum atomic E-state index is -0.516. The molecular formula is C15H19N5O3S. The Labute approximate surface area is 143 Å². The fraction of sp³-hybridized carbons (Fsp3) is 0.333. The van der Waals surface area contributed by atoms with Crippen molar-refractivity contribution in [2.24, 2.45) is 0 Å². The zero-order valence-corrected chi connectivity index (χ0v) is 14.4. The number of urea groups is 1. The number of nitrogens with one attached hydrogen (secondary N) is 2. The average Bonchev–Trinajstić information content (AvgIpc) is 3.14. The van der Waals surface area contributed by atoms with Gasteiger partial charge in [0.25, 0.3) is 0 Å². The first-order valence-corrected chi connectivity index (χ1v) is 8.28. The largest absolute Gasteiger partial charge is 0.469 e. The summed E-state index contributed by atoms with van der Waals surface area (Å²) in [5.41, 5.74) is 0.869. The van der Waals surface area contributed by atoms with Crippen molar-refractivity contribution in [3.8, 4) is 11.4 Å². The number of hydrogen-bond acceptors (Lipinski definition) is 6. The van der Waals surface area contributed by atoms with Gasteiger partial charge in [-0.2, -0.15) is 0 Å². The van der Waals surface area contributed by atoms with Gasteiger partial charge in [0.2, 0.25) is 5.91 Å². The number of carbonyl (C=O) groups excluding carboxylic acids is 2. The van der Waals surface area contributed by atoms with Crippen molar-refractivity contribution < 1.29 is 14.0 Å². The molecule has 0 atom stereocenters. The fourth-order valence-corrected chi connectivity index (χ4v) is 2.88. The molecule has 24 heavy (non-hydrogen) atoms. The van der Waals surface area contributed by atoms with E-state index in [9.17, 15) is 9.59 Å². The molecule has 0 aliphatic carbocycles. The van der Waals surface area contributed by atoms with Crippen molar-refractivity contribution >= 4 is 23.7 Å². The molecular weight excluding hydrogens is 330 g/mol. The third-order valence-corrected chi connectivity index (χ3v) is 4.14. The van der Waals surface area contributed by atoms with Gasteiger partial charge in [-0.05, 0) is 13.0 Å². The SMILES string of the molecule is C=CCn1c(SCCC(=O)NC(=O)NC)nnc1-c1ccoc1C. The minimum absolute atomic E-state index is 0.194. The van der Waals surface area contributed by atoms with E-state index in [1.54, 1.807) is 12.3 Å². The zero-order valence-electron chi connectivity index (χ0n) is 13.5. The minimum Gasteiger partial charge on any atom is -0.469 e. The van der Waals surface area contributed by atoms with Gasteiger partial charge >= 0.3 is 6.03 Å².